The van der Waals surface area contributed by atoms with Gasteiger partial charge in [0.1, 0.15) is 0 Å². The van der Waals surface area contributed by atoms with Crippen LogP contribution in [0.4, 0.5) is 0 Å². The fourth-order valence-electron chi connectivity index (χ4n) is 3.56. The van der Waals surface area contributed by atoms with Crippen molar-refractivity contribution in [3.63, 3.8) is 0 Å². The van der Waals surface area contributed by atoms with Gasteiger partial charge in [-0.25, -0.2) is 0 Å². The van der Waals surface area contributed by atoms with Crippen LogP contribution in [0, 0.1) is 23.2 Å². The predicted octanol–water partition coefficient (Wildman–Crippen LogP) is 3.61. The van der Waals surface area contributed by atoms with Crippen molar-refractivity contribution in [3.8, 4) is 17.6 Å². The summed E-state index contributed by atoms with van der Waals surface area (Å²) in [6.07, 6.45) is 5.09. The molecule has 25 heavy (non-hydrogen) atoms. The van der Waals surface area contributed by atoms with Crippen LogP contribution in [0.1, 0.15) is 44.1 Å². The molecule has 0 amide bonds. The lowest BCUT2D eigenvalue weighted by Gasteiger charge is -2.34. The summed E-state index contributed by atoms with van der Waals surface area (Å²) in [6.45, 7) is 0.698. The van der Waals surface area contributed by atoms with Crippen molar-refractivity contribution in [1.82, 2.24) is 0 Å². The third-order valence-electron chi connectivity index (χ3n) is 5.48. The van der Waals surface area contributed by atoms with E-state index in [1.54, 1.807) is 7.11 Å². The summed E-state index contributed by atoms with van der Waals surface area (Å²) in [7, 11) is 3.04. The molecule has 0 radical (unpaired) electrons. The van der Waals surface area contributed by atoms with Gasteiger partial charge >= 0.3 is 5.97 Å². The monoisotopic (exact) mass is 343 g/mol. The van der Waals surface area contributed by atoms with Crippen molar-refractivity contribution in [2.75, 3.05) is 20.8 Å². The Morgan fingerprint density at radius 2 is 1.92 bits per heavy atom. The number of methoxy groups -OCH3 is 2. The van der Waals surface area contributed by atoms with E-state index in [1.165, 1.54) is 20.0 Å². The summed E-state index contributed by atoms with van der Waals surface area (Å²) in [5.74, 6) is 1.77. The maximum Gasteiger partial charge on any atom is 0.308 e. The first kappa shape index (κ1) is 17.6. The van der Waals surface area contributed by atoms with Gasteiger partial charge in [-0.05, 0) is 62.1 Å². The minimum atomic E-state index is -0.575. The highest BCUT2D eigenvalue weighted by atomic mass is 16.5. The number of nitrogens with zero attached hydrogens (tertiary/aromatic N) is 1. The lowest BCUT2D eigenvalue weighted by atomic mass is 9.67. The Hall–Kier alpha value is -2.22. The quantitative estimate of drug-likeness (QED) is 0.738. The number of hydrogen-bond acceptors (Lipinski definition) is 5. The minimum absolute atomic E-state index is 0.102. The van der Waals surface area contributed by atoms with Crippen LogP contribution < -0.4 is 9.47 Å². The average molecular weight is 343 g/mol. The molecule has 1 aromatic rings. The van der Waals surface area contributed by atoms with Crippen molar-refractivity contribution in [2.45, 2.75) is 43.9 Å². The summed E-state index contributed by atoms with van der Waals surface area (Å²) in [5.41, 5.74) is 0.374. The van der Waals surface area contributed by atoms with E-state index in [0.29, 0.717) is 49.7 Å². The van der Waals surface area contributed by atoms with Crippen LogP contribution in [0.3, 0.4) is 0 Å². The first-order chi connectivity index (χ1) is 12.1. The van der Waals surface area contributed by atoms with Gasteiger partial charge in [-0.3, -0.25) is 4.79 Å². The van der Waals surface area contributed by atoms with E-state index >= 15 is 0 Å². The predicted molar refractivity (Wildman–Crippen MR) is 92.5 cm³/mol. The summed E-state index contributed by atoms with van der Waals surface area (Å²) in [6, 6.07) is 8.28. The smallest absolute Gasteiger partial charge is 0.308 e. The molecule has 0 aromatic heterocycles. The van der Waals surface area contributed by atoms with Gasteiger partial charge in [0, 0.05) is 0 Å². The summed E-state index contributed by atoms with van der Waals surface area (Å²) in [5, 5.41) is 9.88. The third-order valence-corrected chi connectivity index (χ3v) is 5.48. The van der Waals surface area contributed by atoms with E-state index in [0.717, 1.165) is 5.56 Å². The third kappa shape index (κ3) is 3.73. The van der Waals surface area contributed by atoms with Gasteiger partial charge in [0.05, 0.1) is 38.2 Å². The molecule has 0 unspecified atom stereocenters. The Kier molecular flexibility index (Phi) is 5.17. The summed E-state index contributed by atoms with van der Waals surface area (Å²) < 4.78 is 16.2. The SMILES string of the molecule is COC(=O)C1CCC(C#N)(c2ccc(OC)c(OCC3CC3)c2)CC1. The number of nitriles is 1. The second-order valence-electron chi connectivity index (χ2n) is 7.11. The summed E-state index contributed by atoms with van der Waals surface area (Å²) >= 11 is 0. The average Bonchev–Trinajstić information content (AvgIpc) is 3.50. The van der Waals surface area contributed by atoms with E-state index in [4.69, 9.17) is 14.2 Å². The molecule has 0 bridgehead atoms. The largest absolute Gasteiger partial charge is 0.493 e. The van der Waals surface area contributed by atoms with Gasteiger partial charge in [0.15, 0.2) is 11.5 Å². The first-order valence-electron chi connectivity index (χ1n) is 8.92. The van der Waals surface area contributed by atoms with Gasteiger partial charge in [-0.15, -0.1) is 0 Å². The molecular weight excluding hydrogens is 318 g/mol. The first-order valence-corrected chi connectivity index (χ1v) is 8.92. The molecule has 0 spiro atoms. The Labute approximate surface area is 148 Å². The zero-order chi connectivity index (χ0) is 17.9. The molecule has 2 fully saturated rings. The van der Waals surface area contributed by atoms with Crippen molar-refractivity contribution in [3.05, 3.63) is 23.8 Å². The van der Waals surface area contributed by atoms with E-state index in [1.807, 2.05) is 18.2 Å². The Balaban J connectivity index is 1.79. The second-order valence-corrected chi connectivity index (χ2v) is 7.11. The fourth-order valence-corrected chi connectivity index (χ4v) is 3.56. The van der Waals surface area contributed by atoms with Crippen LogP contribution in [-0.4, -0.2) is 26.8 Å². The normalized spacial score (nSPS) is 25.7. The number of carbonyl (C=O) groups excluding carboxylic acids is 1. The van der Waals surface area contributed by atoms with Gasteiger partial charge in [0.25, 0.3) is 0 Å². The van der Waals surface area contributed by atoms with Crippen molar-refractivity contribution < 1.29 is 19.0 Å². The highest BCUT2D eigenvalue weighted by Crippen LogP contribution is 2.44. The second kappa shape index (κ2) is 7.35. The van der Waals surface area contributed by atoms with E-state index in [9.17, 15) is 10.1 Å². The number of benzene rings is 1. The van der Waals surface area contributed by atoms with E-state index < -0.39 is 5.41 Å². The van der Waals surface area contributed by atoms with E-state index in [2.05, 4.69) is 6.07 Å². The number of rotatable bonds is 6. The highest BCUT2D eigenvalue weighted by molar-refractivity contribution is 5.72. The zero-order valence-electron chi connectivity index (χ0n) is 14.9. The lowest BCUT2D eigenvalue weighted by Crippen LogP contribution is -2.33. The zero-order valence-corrected chi connectivity index (χ0v) is 14.9. The number of carbonyl (C=O) groups is 1. The molecule has 2 aliphatic rings. The molecule has 2 aliphatic carbocycles. The van der Waals surface area contributed by atoms with Crippen molar-refractivity contribution in [2.24, 2.45) is 11.8 Å². The van der Waals surface area contributed by atoms with Crippen molar-refractivity contribution in [1.29, 1.82) is 5.26 Å². The Bertz CT molecular complexity index is 667. The minimum Gasteiger partial charge on any atom is -0.493 e. The molecule has 1 aromatic carbocycles. The Morgan fingerprint density at radius 3 is 2.48 bits per heavy atom. The fraction of sp³-hybridized carbons (Fsp3) is 0.600. The van der Waals surface area contributed by atoms with Crippen LogP contribution in [0.15, 0.2) is 18.2 Å². The van der Waals surface area contributed by atoms with E-state index in [-0.39, 0.29) is 11.9 Å². The van der Waals surface area contributed by atoms with Crippen LogP contribution in [-0.2, 0) is 14.9 Å². The molecule has 0 aliphatic heterocycles. The molecule has 0 N–H and O–H groups in total. The molecule has 5 nitrogen and oxygen atoms in total. The van der Waals surface area contributed by atoms with Crippen LogP contribution in [0.25, 0.3) is 0 Å². The van der Waals surface area contributed by atoms with Gasteiger partial charge in [-0.2, -0.15) is 5.26 Å². The maximum absolute atomic E-state index is 11.8. The standard InChI is InChI=1S/C20H25NO4/c1-23-17-6-5-16(11-18(17)25-12-14-3-4-14)20(13-21)9-7-15(8-10-20)19(22)24-2/h5-6,11,14-15H,3-4,7-10,12H2,1-2H3. The molecule has 0 atom stereocenters. The molecule has 3 rings (SSSR count). The number of hydrogen-bond donors (Lipinski definition) is 0. The van der Waals surface area contributed by atoms with Gasteiger partial charge in [0.2, 0.25) is 0 Å². The van der Waals surface area contributed by atoms with Gasteiger partial charge in [-0.1, -0.05) is 6.07 Å². The topological polar surface area (TPSA) is 68.6 Å². The Morgan fingerprint density at radius 1 is 1.20 bits per heavy atom. The van der Waals surface area contributed by atoms with Crippen LogP contribution >= 0.6 is 0 Å². The lowest BCUT2D eigenvalue weighted by molar-refractivity contribution is -0.146. The van der Waals surface area contributed by atoms with Gasteiger partial charge < -0.3 is 14.2 Å². The highest BCUT2D eigenvalue weighted by Gasteiger charge is 2.40. The molecule has 5 heteroatoms. The molecule has 0 saturated heterocycles. The number of ether oxygens (including phenoxy) is 3. The molecule has 2 saturated carbocycles. The number of esters is 1. The maximum atomic E-state index is 11.8. The van der Waals surface area contributed by atoms with Crippen molar-refractivity contribution >= 4 is 5.97 Å². The molecular formula is C20H25NO4. The molecule has 0 heterocycles. The van der Waals surface area contributed by atoms with Crippen LogP contribution in [0.2, 0.25) is 0 Å². The molecule has 134 valence electrons. The van der Waals surface area contributed by atoms with Crippen LogP contribution in [0.5, 0.6) is 11.5 Å². The summed E-state index contributed by atoms with van der Waals surface area (Å²) in [4.78, 5) is 11.8.